The summed E-state index contributed by atoms with van der Waals surface area (Å²) >= 11 is 5.97. The van der Waals surface area contributed by atoms with Crippen molar-refractivity contribution in [2.75, 3.05) is 11.9 Å². The summed E-state index contributed by atoms with van der Waals surface area (Å²) in [4.78, 5) is 18.3. The number of carbonyl (C=O) groups is 1. The van der Waals surface area contributed by atoms with Crippen molar-refractivity contribution in [3.8, 4) is 0 Å². The van der Waals surface area contributed by atoms with E-state index in [1.54, 1.807) is 24.1 Å². The fourth-order valence-electron chi connectivity index (χ4n) is 2.00. The summed E-state index contributed by atoms with van der Waals surface area (Å²) in [5, 5.41) is 0.352. The van der Waals surface area contributed by atoms with E-state index in [2.05, 4.69) is 4.98 Å². The minimum Gasteiger partial charge on any atom is -0.311 e. The zero-order chi connectivity index (χ0) is 14.7. The highest BCUT2D eigenvalue weighted by atomic mass is 35.5. The maximum atomic E-state index is 12.5. The largest absolute Gasteiger partial charge is 0.311 e. The number of aromatic nitrogens is 1. The monoisotopic (exact) mass is 288 g/mol. The second-order valence-corrected chi connectivity index (χ2v) is 5.11. The van der Waals surface area contributed by atoms with E-state index in [0.29, 0.717) is 10.7 Å². The van der Waals surface area contributed by atoms with Gasteiger partial charge in [-0.05, 0) is 43.2 Å². The Morgan fingerprint density at radius 2 is 2.05 bits per heavy atom. The molecule has 0 aliphatic heterocycles. The Morgan fingerprint density at radius 3 is 2.70 bits per heavy atom. The van der Waals surface area contributed by atoms with Crippen molar-refractivity contribution < 1.29 is 4.79 Å². The first-order valence-corrected chi connectivity index (χ1v) is 6.90. The maximum absolute atomic E-state index is 12.5. The molecule has 4 heteroatoms. The number of amides is 1. The summed E-state index contributed by atoms with van der Waals surface area (Å²) in [5.41, 5.74) is 3.36. The minimum atomic E-state index is -0.0883. The molecule has 0 N–H and O–H groups in total. The van der Waals surface area contributed by atoms with Crippen LogP contribution in [0.1, 0.15) is 28.5 Å². The van der Waals surface area contributed by atoms with Crippen molar-refractivity contribution in [2.45, 2.75) is 20.3 Å². The highest BCUT2D eigenvalue weighted by Gasteiger charge is 2.15. The van der Waals surface area contributed by atoms with Gasteiger partial charge in [-0.3, -0.25) is 4.79 Å². The molecule has 2 aromatic rings. The fraction of sp³-hybridized carbons (Fsp3) is 0.250. The quantitative estimate of drug-likeness (QED) is 0.803. The van der Waals surface area contributed by atoms with Gasteiger partial charge < -0.3 is 4.90 Å². The first kappa shape index (κ1) is 14.5. The summed E-state index contributed by atoms with van der Waals surface area (Å²) in [6, 6.07) is 11.2. The molecule has 1 heterocycles. The van der Waals surface area contributed by atoms with Crippen molar-refractivity contribution >= 4 is 23.2 Å². The molecule has 0 aliphatic carbocycles. The van der Waals surface area contributed by atoms with Crippen LogP contribution in [0.15, 0.2) is 36.4 Å². The fourth-order valence-corrected chi connectivity index (χ4v) is 2.23. The van der Waals surface area contributed by atoms with Crippen LogP contribution in [0, 0.1) is 6.92 Å². The van der Waals surface area contributed by atoms with Crippen LogP contribution in [0.25, 0.3) is 0 Å². The van der Waals surface area contributed by atoms with Gasteiger partial charge in [-0.25, -0.2) is 4.98 Å². The van der Waals surface area contributed by atoms with Crippen LogP contribution in [0.2, 0.25) is 5.15 Å². The number of aryl methyl sites for hydroxylation is 2. The first-order valence-electron chi connectivity index (χ1n) is 6.52. The van der Waals surface area contributed by atoms with Gasteiger partial charge in [0.25, 0.3) is 5.91 Å². The lowest BCUT2D eigenvalue weighted by molar-refractivity contribution is 0.0993. The Morgan fingerprint density at radius 1 is 1.30 bits per heavy atom. The van der Waals surface area contributed by atoms with Crippen LogP contribution in [-0.4, -0.2) is 17.9 Å². The van der Waals surface area contributed by atoms with Crippen molar-refractivity contribution in [1.29, 1.82) is 0 Å². The Kier molecular flexibility index (Phi) is 4.40. The van der Waals surface area contributed by atoms with Crippen LogP contribution in [0.3, 0.4) is 0 Å². The third-order valence-electron chi connectivity index (χ3n) is 3.15. The van der Waals surface area contributed by atoms with E-state index < -0.39 is 0 Å². The molecule has 104 valence electrons. The van der Waals surface area contributed by atoms with Crippen LogP contribution < -0.4 is 4.90 Å². The molecular weight excluding hydrogens is 272 g/mol. The number of rotatable bonds is 3. The highest BCUT2D eigenvalue weighted by Crippen LogP contribution is 2.19. The van der Waals surface area contributed by atoms with Gasteiger partial charge in [0.15, 0.2) is 0 Å². The van der Waals surface area contributed by atoms with E-state index in [-0.39, 0.29) is 5.91 Å². The lowest BCUT2D eigenvalue weighted by Gasteiger charge is -2.18. The molecule has 20 heavy (non-hydrogen) atoms. The molecule has 0 aliphatic rings. The van der Waals surface area contributed by atoms with E-state index in [9.17, 15) is 4.79 Å². The number of benzene rings is 1. The van der Waals surface area contributed by atoms with Gasteiger partial charge in [-0.15, -0.1) is 0 Å². The summed E-state index contributed by atoms with van der Waals surface area (Å²) < 4.78 is 0. The third kappa shape index (κ3) is 3.17. The summed E-state index contributed by atoms with van der Waals surface area (Å²) in [6.07, 6.45) is 0.745. The van der Waals surface area contributed by atoms with E-state index in [1.807, 2.05) is 38.1 Å². The van der Waals surface area contributed by atoms with Gasteiger partial charge in [0.2, 0.25) is 0 Å². The predicted molar refractivity (Wildman–Crippen MR) is 82.5 cm³/mol. The van der Waals surface area contributed by atoms with Gasteiger partial charge >= 0.3 is 0 Å². The number of hydrogen-bond acceptors (Lipinski definition) is 2. The molecule has 1 aromatic carbocycles. The smallest absolute Gasteiger partial charge is 0.258 e. The summed E-state index contributed by atoms with van der Waals surface area (Å²) in [5.74, 6) is -0.0883. The average molecular weight is 289 g/mol. The number of carbonyl (C=O) groups excluding carboxylic acids is 1. The zero-order valence-corrected chi connectivity index (χ0v) is 12.6. The topological polar surface area (TPSA) is 33.2 Å². The second kappa shape index (κ2) is 6.06. The molecule has 0 atom stereocenters. The Hall–Kier alpha value is -1.87. The molecule has 2 rings (SSSR count). The molecule has 1 amide bonds. The van der Waals surface area contributed by atoms with E-state index in [1.165, 1.54) is 0 Å². The number of nitrogens with zero attached hydrogens (tertiary/aromatic N) is 2. The Labute approximate surface area is 124 Å². The molecular formula is C16H17ClN2O. The minimum absolute atomic E-state index is 0.0883. The molecule has 0 saturated carbocycles. The van der Waals surface area contributed by atoms with Crippen molar-refractivity contribution in [2.24, 2.45) is 0 Å². The maximum Gasteiger partial charge on any atom is 0.258 e. The van der Waals surface area contributed by atoms with Gasteiger partial charge in [-0.1, -0.05) is 30.7 Å². The molecule has 0 spiro atoms. The lowest BCUT2D eigenvalue weighted by Crippen LogP contribution is -2.26. The second-order valence-electron chi connectivity index (χ2n) is 4.73. The SMILES string of the molecule is CCc1cc(C(=O)N(C)c2cccc(C)c2)cc(Cl)n1. The van der Waals surface area contributed by atoms with Gasteiger partial charge in [0, 0.05) is 24.0 Å². The molecule has 0 fully saturated rings. The Balaban J connectivity index is 2.33. The van der Waals surface area contributed by atoms with Crippen LogP contribution in [0.4, 0.5) is 5.69 Å². The number of pyridine rings is 1. The first-order chi connectivity index (χ1) is 9.51. The highest BCUT2D eigenvalue weighted by molar-refractivity contribution is 6.29. The molecule has 0 radical (unpaired) electrons. The van der Waals surface area contributed by atoms with Crippen LogP contribution in [-0.2, 0) is 6.42 Å². The lowest BCUT2D eigenvalue weighted by atomic mass is 10.1. The van der Waals surface area contributed by atoms with E-state index in [4.69, 9.17) is 11.6 Å². The van der Waals surface area contributed by atoms with Gasteiger partial charge in [-0.2, -0.15) is 0 Å². The molecule has 0 unspecified atom stereocenters. The van der Waals surface area contributed by atoms with E-state index in [0.717, 1.165) is 23.4 Å². The third-order valence-corrected chi connectivity index (χ3v) is 3.34. The molecule has 0 bridgehead atoms. The van der Waals surface area contributed by atoms with E-state index >= 15 is 0 Å². The molecule has 1 aromatic heterocycles. The van der Waals surface area contributed by atoms with Crippen molar-refractivity contribution in [3.05, 3.63) is 58.4 Å². The standard InChI is InChI=1S/C16H17ClN2O/c1-4-13-9-12(10-15(17)18-13)16(20)19(3)14-7-5-6-11(2)8-14/h5-10H,4H2,1-3H3. The normalized spacial score (nSPS) is 10.4. The average Bonchev–Trinajstić information content (AvgIpc) is 2.45. The van der Waals surface area contributed by atoms with Gasteiger partial charge in [0.1, 0.15) is 5.15 Å². The van der Waals surface area contributed by atoms with Crippen molar-refractivity contribution in [1.82, 2.24) is 4.98 Å². The number of anilines is 1. The molecule has 3 nitrogen and oxygen atoms in total. The Bertz CT molecular complexity index is 640. The van der Waals surface area contributed by atoms with Crippen LogP contribution >= 0.6 is 11.6 Å². The number of halogens is 1. The van der Waals surface area contributed by atoms with Crippen molar-refractivity contribution in [3.63, 3.8) is 0 Å². The zero-order valence-electron chi connectivity index (χ0n) is 11.9. The van der Waals surface area contributed by atoms with Gasteiger partial charge in [0.05, 0.1) is 0 Å². The summed E-state index contributed by atoms with van der Waals surface area (Å²) in [7, 11) is 1.76. The predicted octanol–water partition coefficient (Wildman–Crippen LogP) is 3.88. The molecule has 0 saturated heterocycles. The van der Waals surface area contributed by atoms with Crippen LogP contribution in [0.5, 0.6) is 0 Å². The summed E-state index contributed by atoms with van der Waals surface area (Å²) in [6.45, 7) is 3.98. The number of hydrogen-bond donors (Lipinski definition) is 0.